The van der Waals surface area contributed by atoms with E-state index in [0.29, 0.717) is 0 Å². The van der Waals surface area contributed by atoms with Crippen LogP contribution >= 0.6 is 0 Å². The third-order valence-corrected chi connectivity index (χ3v) is 15.9. The largest absolute Gasteiger partial charge is 0.189 e. The summed E-state index contributed by atoms with van der Waals surface area (Å²) >= 11 is 0. The number of hydrogen-bond donors (Lipinski definition) is 0. The van der Waals surface area contributed by atoms with Crippen molar-refractivity contribution in [1.29, 1.82) is 0 Å². The molecule has 217 valence electrons. The first kappa shape index (κ1) is 26.7. The lowest BCUT2D eigenvalue weighted by molar-refractivity contribution is 0.197. The molecule has 0 amide bonds. The molecule has 0 bridgehead atoms. The molecule has 0 unspecified atom stereocenters. The minimum atomic E-state index is -2.98. The summed E-state index contributed by atoms with van der Waals surface area (Å²) in [6.45, 7) is 9.17. The molecule has 0 saturated heterocycles. The van der Waals surface area contributed by atoms with Crippen molar-refractivity contribution in [3.63, 3.8) is 0 Å². The Hall–Kier alpha value is -4.70. The zero-order valence-electron chi connectivity index (χ0n) is 26.1. The first-order valence-electron chi connectivity index (χ1n) is 15.9. The van der Waals surface area contributed by atoms with Crippen LogP contribution in [0.1, 0.15) is 49.9 Å². The van der Waals surface area contributed by atoms with Crippen molar-refractivity contribution in [3.05, 3.63) is 156 Å². The third-order valence-electron chi connectivity index (χ3n) is 11.1. The minimum Gasteiger partial charge on any atom is -0.189 e. The molecule has 6 aromatic carbocycles. The van der Waals surface area contributed by atoms with E-state index in [2.05, 4.69) is 161 Å². The van der Waals surface area contributed by atoms with Gasteiger partial charge in [-0.25, -0.2) is 0 Å². The number of fused-ring (bicyclic) bond motifs is 8. The Labute approximate surface area is 266 Å². The van der Waals surface area contributed by atoms with Gasteiger partial charge >= 0.3 is 0 Å². The zero-order chi connectivity index (χ0) is 30.7. The van der Waals surface area contributed by atoms with Crippen molar-refractivity contribution < 1.29 is 5.21 Å². The molecule has 3 aliphatic rings. The van der Waals surface area contributed by atoms with Gasteiger partial charge in [-0.15, -0.1) is 0 Å². The molecule has 0 spiro atoms. The second-order valence-electron chi connectivity index (χ2n) is 13.9. The highest BCUT2D eigenvalue weighted by molar-refractivity contribution is 7.21. The van der Waals surface area contributed by atoms with Crippen molar-refractivity contribution in [2.75, 3.05) is 5.06 Å². The average Bonchev–Trinajstić information content (AvgIpc) is 3.44. The molecule has 0 atom stereocenters. The maximum Gasteiger partial charge on any atom is 0.184 e. The number of hydrogen-bond acceptors (Lipinski definition) is 1. The van der Waals surface area contributed by atoms with Crippen LogP contribution in [0.15, 0.2) is 133 Å². The third kappa shape index (κ3) is 3.27. The molecule has 1 aliphatic heterocycles. The Morgan fingerprint density at radius 1 is 0.444 bits per heavy atom. The summed E-state index contributed by atoms with van der Waals surface area (Å²) in [5.74, 6) is 0. The van der Waals surface area contributed by atoms with Gasteiger partial charge in [0.25, 0.3) is 0 Å². The molecule has 9 rings (SSSR count). The van der Waals surface area contributed by atoms with E-state index < -0.39 is 8.07 Å². The van der Waals surface area contributed by atoms with Crippen molar-refractivity contribution in [1.82, 2.24) is 0 Å². The van der Waals surface area contributed by atoms with Gasteiger partial charge in [0, 0.05) is 10.8 Å². The van der Waals surface area contributed by atoms with E-state index in [1.165, 1.54) is 70.3 Å². The highest BCUT2D eigenvalue weighted by Gasteiger charge is 2.52. The first-order chi connectivity index (χ1) is 21.8. The molecule has 3 heteroatoms. The normalized spacial score (nSPS) is 17.0. The van der Waals surface area contributed by atoms with E-state index in [1.54, 1.807) is 0 Å². The summed E-state index contributed by atoms with van der Waals surface area (Å²) in [6.07, 6.45) is 0. The lowest BCUT2D eigenvalue weighted by Gasteiger charge is -2.43. The minimum absolute atomic E-state index is 0.201. The average molecular weight is 597 g/mol. The van der Waals surface area contributed by atoms with E-state index >= 15 is 0 Å². The van der Waals surface area contributed by atoms with Crippen molar-refractivity contribution in [2.45, 2.75) is 38.5 Å². The van der Waals surface area contributed by atoms with Gasteiger partial charge in [-0.3, -0.25) is 0 Å². The van der Waals surface area contributed by atoms with Gasteiger partial charge in [0.15, 0.2) is 8.07 Å². The van der Waals surface area contributed by atoms with E-state index in [-0.39, 0.29) is 10.8 Å². The van der Waals surface area contributed by atoms with E-state index in [0.717, 1.165) is 11.4 Å². The van der Waals surface area contributed by atoms with Gasteiger partial charge < -0.3 is 0 Å². The fourth-order valence-corrected chi connectivity index (χ4v) is 13.9. The van der Waals surface area contributed by atoms with Crippen LogP contribution in [0.4, 0.5) is 11.4 Å². The standard InChI is InChI=1S/C42H34NOSi/c1-41(2)33-21-13-11-19-29(33)31-23-39-37(25-35(31)41)43(44)38-26-36-32(30-20-12-14-22-34(30)42(36,3)4)24-40(38)45(39,27-15-7-5-8-16-27)28-17-9-6-10-18-28/h5-26H,1-4H3. The molecule has 0 fully saturated rings. The highest BCUT2D eigenvalue weighted by atomic mass is 28.3. The van der Waals surface area contributed by atoms with Gasteiger partial charge in [-0.1, -0.05) is 154 Å². The Kier molecular flexibility index (Phi) is 5.30. The SMILES string of the molecule is CC1(C)c2ccccc2-c2cc3c(cc21)N([O])c1cc2c(cc1[Si]3(c1ccccc1)c1ccccc1)-c1ccccc1C2(C)C. The van der Waals surface area contributed by atoms with Crippen LogP contribution in [0.5, 0.6) is 0 Å². The molecule has 2 aliphatic carbocycles. The second-order valence-corrected chi connectivity index (χ2v) is 17.7. The highest BCUT2D eigenvalue weighted by Crippen LogP contribution is 2.52. The molecule has 1 heterocycles. The Morgan fingerprint density at radius 3 is 1.24 bits per heavy atom. The maximum atomic E-state index is 15.0. The fraction of sp³-hybridized carbons (Fsp3) is 0.143. The number of nitrogens with zero attached hydrogens (tertiary/aromatic N) is 1. The van der Waals surface area contributed by atoms with E-state index in [1.807, 2.05) is 0 Å². The van der Waals surface area contributed by atoms with Crippen molar-refractivity contribution in [3.8, 4) is 22.3 Å². The van der Waals surface area contributed by atoms with Crippen LogP contribution in [-0.4, -0.2) is 8.07 Å². The van der Waals surface area contributed by atoms with Crippen LogP contribution in [-0.2, 0) is 16.0 Å². The number of rotatable bonds is 2. The van der Waals surface area contributed by atoms with Crippen LogP contribution in [0, 0.1) is 0 Å². The lowest BCUT2D eigenvalue weighted by atomic mass is 9.82. The predicted molar refractivity (Wildman–Crippen MR) is 188 cm³/mol. The van der Waals surface area contributed by atoms with Crippen LogP contribution < -0.4 is 25.8 Å². The monoisotopic (exact) mass is 596 g/mol. The summed E-state index contributed by atoms with van der Waals surface area (Å²) in [6, 6.07) is 48.9. The molecule has 0 N–H and O–H groups in total. The van der Waals surface area contributed by atoms with Gasteiger partial charge in [-0.2, -0.15) is 5.06 Å². The Morgan fingerprint density at radius 2 is 0.822 bits per heavy atom. The van der Waals surface area contributed by atoms with Crippen LogP contribution in [0.3, 0.4) is 0 Å². The lowest BCUT2D eigenvalue weighted by Crippen LogP contribution is -2.77. The molecule has 0 aromatic heterocycles. The summed E-state index contributed by atoms with van der Waals surface area (Å²) in [5.41, 5.74) is 11.3. The van der Waals surface area contributed by atoms with E-state index in [9.17, 15) is 5.21 Å². The van der Waals surface area contributed by atoms with E-state index in [4.69, 9.17) is 0 Å². The molecule has 0 saturated carbocycles. The second kappa shape index (κ2) is 8.94. The van der Waals surface area contributed by atoms with Crippen LogP contribution in [0.2, 0.25) is 0 Å². The van der Waals surface area contributed by atoms with Crippen molar-refractivity contribution in [2.24, 2.45) is 0 Å². The number of benzene rings is 6. The summed E-state index contributed by atoms with van der Waals surface area (Å²) in [4.78, 5) is 0. The molecule has 2 nitrogen and oxygen atoms in total. The zero-order valence-corrected chi connectivity index (χ0v) is 27.1. The fourth-order valence-electron chi connectivity index (χ4n) is 8.85. The molecular weight excluding hydrogens is 563 g/mol. The Bertz CT molecular complexity index is 2020. The summed E-state index contributed by atoms with van der Waals surface area (Å²) < 4.78 is 0. The topological polar surface area (TPSA) is 23.1 Å². The first-order valence-corrected chi connectivity index (χ1v) is 17.9. The van der Waals surface area contributed by atoms with Gasteiger partial charge in [0.1, 0.15) is 0 Å². The summed E-state index contributed by atoms with van der Waals surface area (Å²) in [5, 5.41) is 21.1. The smallest absolute Gasteiger partial charge is 0.184 e. The van der Waals surface area contributed by atoms with Gasteiger partial charge in [0.05, 0.1) is 11.4 Å². The predicted octanol–water partition coefficient (Wildman–Crippen LogP) is 7.47. The molecule has 1 radical (unpaired) electrons. The molecule has 45 heavy (non-hydrogen) atoms. The summed E-state index contributed by atoms with van der Waals surface area (Å²) in [7, 11) is -2.98. The number of anilines is 2. The van der Waals surface area contributed by atoms with Gasteiger partial charge in [0.2, 0.25) is 0 Å². The van der Waals surface area contributed by atoms with Gasteiger partial charge in [-0.05, 0) is 77.4 Å². The molecule has 6 aromatic rings. The quantitative estimate of drug-likeness (QED) is 0.190. The van der Waals surface area contributed by atoms with Crippen molar-refractivity contribution >= 4 is 40.2 Å². The Balaban J connectivity index is 1.46. The van der Waals surface area contributed by atoms with Crippen LogP contribution in [0.25, 0.3) is 22.3 Å². The molecular formula is C42H34NOSi. The maximum absolute atomic E-state index is 15.0.